The highest BCUT2D eigenvalue weighted by molar-refractivity contribution is 5.94. The summed E-state index contributed by atoms with van der Waals surface area (Å²) in [6.45, 7) is 1.71. The van der Waals surface area contributed by atoms with Crippen LogP contribution in [0.4, 0.5) is 0 Å². The van der Waals surface area contributed by atoms with Gasteiger partial charge in [-0.2, -0.15) is 0 Å². The van der Waals surface area contributed by atoms with Crippen molar-refractivity contribution in [2.24, 2.45) is 0 Å². The van der Waals surface area contributed by atoms with E-state index in [1.807, 2.05) is 0 Å². The third-order valence-electron chi connectivity index (χ3n) is 3.87. The highest BCUT2D eigenvalue weighted by atomic mass is 16.5. The average Bonchev–Trinajstić information content (AvgIpc) is 2.59. The number of hydrogen-bond acceptors (Lipinski definition) is 6. The van der Waals surface area contributed by atoms with E-state index in [2.05, 4.69) is 0 Å². The standard InChI is InChI=1S/C19H22O6/c1-12-5-3-7-16(20)18(22)17(21)8-4-6-13-11-14(24-2)9-10-15(13)19(23)25-12/h3-4,6-7,9-12,17-18,21-22H,5,8H2,1-2H3/b6-4+,7-3-. The van der Waals surface area contributed by atoms with E-state index in [1.54, 1.807) is 37.3 Å². The third-order valence-corrected chi connectivity index (χ3v) is 3.87. The van der Waals surface area contributed by atoms with Gasteiger partial charge in [0.25, 0.3) is 0 Å². The largest absolute Gasteiger partial charge is 0.497 e. The predicted molar refractivity (Wildman–Crippen MR) is 92.3 cm³/mol. The maximum atomic E-state index is 12.4. The van der Waals surface area contributed by atoms with E-state index < -0.39 is 30.1 Å². The first-order valence-electron chi connectivity index (χ1n) is 8.04. The Hall–Kier alpha value is -2.44. The van der Waals surface area contributed by atoms with Crippen molar-refractivity contribution in [3.8, 4) is 5.75 Å². The van der Waals surface area contributed by atoms with Crippen LogP contribution >= 0.6 is 0 Å². The Bertz CT molecular complexity index is 691. The van der Waals surface area contributed by atoms with Crippen molar-refractivity contribution in [2.75, 3.05) is 7.11 Å². The highest BCUT2D eigenvalue weighted by Crippen LogP contribution is 2.21. The van der Waals surface area contributed by atoms with Crippen LogP contribution in [-0.4, -0.2) is 47.4 Å². The van der Waals surface area contributed by atoms with E-state index >= 15 is 0 Å². The predicted octanol–water partition coefficient (Wildman–Crippen LogP) is 1.89. The molecule has 1 aromatic rings. The van der Waals surface area contributed by atoms with Gasteiger partial charge in [-0.15, -0.1) is 0 Å². The van der Waals surface area contributed by atoms with Crippen LogP contribution in [0.15, 0.2) is 36.4 Å². The van der Waals surface area contributed by atoms with Gasteiger partial charge in [-0.1, -0.05) is 18.2 Å². The molecule has 0 aliphatic carbocycles. The number of aliphatic hydroxyl groups is 2. The van der Waals surface area contributed by atoms with Crippen LogP contribution in [0.3, 0.4) is 0 Å². The molecule has 1 aliphatic rings. The first-order chi connectivity index (χ1) is 11.9. The molecule has 0 aromatic heterocycles. The molecule has 3 unspecified atom stereocenters. The van der Waals surface area contributed by atoms with Gasteiger partial charge in [0.1, 0.15) is 18.0 Å². The van der Waals surface area contributed by atoms with Crippen LogP contribution in [0, 0.1) is 0 Å². The summed E-state index contributed by atoms with van der Waals surface area (Å²) in [6.07, 6.45) is 3.16. The number of cyclic esters (lactones) is 1. The van der Waals surface area contributed by atoms with Gasteiger partial charge in [0.15, 0.2) is 5.78 Å². The Morgan fingerprint density at radius 1 is 1.12 bits per heavy atom. The second-order valence-corrected chi connectivity index (χ2v) is 5.86. The van der Waals surface area contributed by atoms with Crippen LogP contribution < -0.4 is 4.74 Å². The summed E-state index contributed by atoms with van der Waals surface area (Å²) in [6, 6.07) is 4.96. The summed E-state index contributed by atoms with van der Waals surface area (Å²) in [7, 11) is 1.52. The van der Waals surface area contributed by atoms with Crippen LogP contribution in [0.25, 0.3) is 6.08 Å². The molecule has 0 fully saturated rings. The molecule has 25 heavy (non-hydrogen) atoms. The van der Waals surface area contributed by atoms with Gasteiger partial charge in [0, 0.05) is 6.42 Å². The molecule has 2 N–H and O–H groups in total. The number of esters is 1. The highest BCUT2D eigenvalue weighted by Gasteiger charge is 2.22. The average molecular weight is 346 g/mol. The summed E-state index contributed by atoms with van der Waals surface area (Å²) in [5, 5.41) is 19.8. The molecule has 0 amide bonds. The minimum absolute atomic E-state index is 0.0584. The van der Waals surface area contributed by atoms with Gasteiger partial charge in [0.05, 0.1) is 18.8 Å². The number of fused-ring (bicyclic) bond motifs is 1. The molecule has 134 valence electrons. The van der Waals surface area contributed by atoms with Crippen molar-refractivity contribution in [3.63, 3.8) is 0 Å². The van der Waals surface area contributed by atoms with Gasteiger partial charge in [0.2, 0.25) is 0 Å². The van der Waals surface area contributed by atoms with Gasteiger partial charge < -0.3 is 19.7 Å². The summed E-state index contributed by atoms with van der Waals surface area (Å²) in [5.41, 5.74) is 0.938. The normalized spacial score (nSPS) is 27.6. The minimum atomic E-state index is -1.49. The maximum absolute atomic E-state index is 12.4. The lowest BCUT2D eigenvalue weighted by atomic mass is 10.0. The van der Waals surface area contributed by atoms with Crippen LogP contribution in [0.2, 0.25) is 0 Å². The Balaban J connectivity index is 2.37. The molecule has 2 rings (SSSR count). The Morgan fingerprint density at radius 3 is 2.56 bits per heavy atom. The lowest BCUT2D eigenvalue weighted by Crippen LogP contribution is -2.32. The summed E-state index contributed by atoms with van der Waals surface area (Å²) in [4.78, 5) is 24.2. The number of methoxy groups -OCH3 is 1. The van der Waals surface area contributed by atoms with E-state index in [9.17, 15) is 19.8 Å². The number of ether oxygens (including phenoxy) is 2. The number of rotatable bonds is 1. The monoisotopic (exact) mass is 346 g/mol. The zero-order valence-corrected chi connectivity index (χ0v) is 14.2. The molecule has 3 atom stereocenters. The van der Waals surface area contributed by atoms with Gasteiger partial charge >= 0.3 is 5.97 Å². The molecular weight excluding hydrogens is 324 g/mol. The first-order valence-corrected chi connectivity index (χ1v) is 8.04. The fourth-order valence-electron chi connectivity index (χ4n) is 2.41. The van der Waals surface area contributed by atoms with E-state index in [4.69, 9.17) is 9.47 Å². The van der Waals surface area contributed by atoms with E-state index in [0.717, 1.165) is 0 Å². The third kappa shape index (κ3) is 5.01. The summed E-state index contributed by atoms with van der Waals surface area (Å²) in [5.74, 6) is -0.491. The van der Waals surface area contributed by atoms with Crippen molar-refractivity contribution >= 4 is 17.8 Å². The number of hydrogen-bond donors (Lipinski definition) is 2. The second kappa shape index (κ2) is 8.60. The molecule has 0 radical (unpaired) electrons. The van der Waals surface area contributed by atoms with E-state index in [1.165, 1.54) is 19.3 Å². The molecule has 1 aromatic carbocycles. The van der Waals surface area contributed by atoms with Crippen LogP contribution in [0.1, 0.15) is 35.7 Å². The topological polar surface area (TPSA) is 93.1 Å². The quantitative estimate of drug-likeness (QED) is 0.755. The van der Waals surface area contributed by atoms with Crippen LogP contribution in [0.5, 0.6) is 5.75 Å². The fraction of sp³-hybridized carbons (Fsp3) is 0.368. The lowest BCUT2D eigenvalue weighted by molar-refractivity contribution is -0.127. The number of carbonyl (C=O) groups is 2. The zero-order chi connectivity index (χ0) is 18.4. The summed E-state index contributed by atoms with van der Waals surface area (Å²) < 4.78 is 10.6. The molecular formula is C19H22O6. The molecule has 0 saturated carbocycles. The van der Waals surface area contributed by atoms with E-state index in [0.29, 0.717) is 23.3 Å². The smallest absolute Gasteiger partial charge is 0.339 e. The van der Waals surface area contributed by atoms with Gasteiger partial charge in [-0.3, -0.25) is 4.79 Å². The van der Waals surface area contributed by atoms with Crippen molar-refractivity contribution in [1.29, 1.82) is 0 Å². The second-order valence-electron chi connectivity index (χ2n) is 5.86. The fourth-order valence-corrected chi connectivity index (χ4v) is 2.41. The first kappa shape index (κ1) is 18.9. The minimum Gasteiger partial charge on any atom is -0.497 e. The van der Waals surface area contributed by atoms with Gasteiger partial charge in [-0.25, -0.2) is 4.79 Å². The number of carbonyl (C=O) groups excluding carboxylic acids is 2. The van der Waals surface area contributed by atoms with Crippen LogP contribution in [-0.2, 0) is 9.53 Å². The number of ketones is 1. The Labute approximate surface area is 146 Å². The lowest BCUT2D eigenvalue weighted by Gasteiger charge is -2.16. The maximum Gasteiger partial charge on any atom is 0.339 e. The molecule has 6 heteroatoms. The molecule has 1 heterocycles. The number of aliphatic hydroxyl groups excluding tert-OH is 2. The van der Waals surface area contributed by atoms with Crippen molar-refractivity contribution in [2.45, 2.75) is 38.1 Å². The van der Waals surface area contributed by atoms with Crippen molar-refractivity contribution in [1.82, 2.24) is 0 Å². The zero-order valence-electron chi connectivity index (χ0n) is 14.2. The Morgan fingerprint density at radius 2 is 1.84 bits per heavy atom. The summed E-state index contributed by atoms with van der Waals surface area (Å²) >= 11 is 0. The Kier molecular flexibility index (Phi) is 6.50. The number of benzene rings is 1. The SMILES string of the molecule is COc1ccc2c(c1)/C=C/CC(O)C(O)C(=O)/C=C\CC(C)OC2=O. The molecule has 6 nitrogen and oxygen atoms in total. The van der Waals surface area contributed by atoms with Gasteiger partial charge in [-0.05, 0) is 43.2 Å². The molecule has 0 bridgehead atoms. The molecule has 0 spiro atoms. The van der Waals surface area contributed by atoms with Crippen molar-refractivity contribution in [3.05, 3.63) is 47.6 Å². The molecule has 0 saturated heterocycles. The van der Waals surface area contributed by atoms with Crippen molar-refractivity contribution < 1.29 is 29.3 Å². The molecule has 1 aliphatic heterocycles. The van der Waals surface area contributed by atoms with E-state index in [-0.39, 0.29) is 6.42 Å².